The van der Waals surface area contributed by atoms with Crippen molar-refractivity contribution in [1.29, 1.82) is 0 Å². The summed E-state index contributed by atoms with van der Waals surface area (Å²) in [6.45, 7) is 2.73. The van der Waals surface area contributed by atoms with Gasteiger partial charge in [0.1, 0.15) is 0 Å². The third-order valence-electron chi connectivity index (χ3n) is 4.86. The van der Waals surface area contributed by atoms with Crippen LogP contribution in [0.25, 0.3) is 6.08 Å². The van der Waals surface area contributed by atoms with E-state index in [9.17, 15) is 4.79 Å². The molecule has 1 aliphatic rings. The number of hydrogen-bond acceptors (Lipinski definition) is 3. The molecule has 1 unspecified atom stereocenters. The second kappa shape index (κ2) is 8.97. The number of thiophene rings is 1. The molecule has 1 atom stereocenters. The number of carbonyl (C=O) groups excluding carboxylic acids is 1. The Labute approximate surface area is 154 Å². The molecule has 0 saturated carbocycles. The van der Waals surface area contributed by atoms with Gasteiger partial charge in [0, 0.05) is 36.6 Å². The third-order valence-corrected chi connectivity index (χ3v) is 5.70. The van der Waals surface area contributed by atoms with E-state index in [4.69, 9.17) is 0 Å². The summed E-state index contributed by atoms with van der Waals surface area (Å²) >= 11 is 1.66. The second-order valence-corrected chi connectivity index (χ2v) is 7.62. The molecule has 3 nitrogen and oxygen atoms in total. The van der Waals surface area contributed by atoms with E-state index in [2.05, 4.69) is 42.3 Å². The molecule has 1 saturated heterocycles. The second-order valence-electron chi connectivity index (χ2n) is 6.65. The zero-order valence-electron chi connectivity index (χ0n) is 14.8. The molecule has 2 heterocycles. The Kier molecular flexibility index (Phi) is 6.42. The van der Waals surface area contributed by atoms with Crippen molar-refractivity contribution in [3.8, 4) is 0 Å². The molecule has 1 aromatic heterocycles. The number of likely N-dealkylation sites (N-methyl/N-ethyl adjacent to an activating group) is 1. The molecule has 25 heavy (non-hydrogen) atoms. The van der Waals surface area contributed by atoms with Crippen LogP contribution in [0.1, 0.15) is 23.3 Å². The van der Waals surface area contributed by atoms with Crippen molar-refractivity contribution < 1.29 is 4.79 Å². The Morgan fingerprint density at radius 2 is 2.12 bits per heavy atom. The van der Waals surface area contributed by atoms with Crippen LogP contribution in [0.2, 0.25) is 0 Å². The average Bonchev–Trinajstić information content (AvgIpc) is 3.18. The van der Waals surface area contributed by atoms with Gasteiger partial charge >= 0.3 is 0 Å². The topological polar surface area (TPSA) is 23.6 Å². The first-order valence-electron chi connectivity index (χ1n) is 8.97. The van der Waals surface area contributed by atoms with Gasteiger partial charge in [0.25, 0.3) is 0 Å². The fraction of sp³-hybridized carbons (Fsp3) is 0.381. The molecule has 1 amide bonds. The van der Waals surface area contributed by atoms with Crippen LogP contribution in [0.15, 0.2) is 53.9 Å². The highest BCUT2D eigenvalue weighted by molar-refractivity contribution is 7.10. The van der Waals surface area contributed by atoms with Crippen molar-refractivity contribution in [2.75, 3.05) is 26.7 Å². The lowest BCUT2D eigenvalue weighted by atomic mass is 10.0. The van der Waals surface area contributed by atoms with Crippen LogP contribution in [0, 0.1) is 0 Å². The fourth-order valence-electron chi connectivity index (χ4n) is 3.29. The van der Waals surface area contributed by atoms with E-state index >= 15 is 0 Å². The lowest BCUT2D eigenvalue weighted by Gasteiger charge is -2.37. The first-order valence-corrected chi connectivity index (χ1v) is 9.85. The number of amides is 1. The van der Waals surface area contributed by atoms with Crippen LogP contribution in [-0.2, 0) is 11.2 Å². The molecule has 0 aliphatic carbocycles. The van der Waals surface area contributed by atoms with Crippen LogP contribution in [0.5, 0.6) is 0 Å². The first kappa shape index (κ1) is 17.9. The van der Waals surface area contributed by atoms with Gasteiger partial charge in [-0.1, -0.05) is 36.4 Å². The minimum atomic E-state index is 0.134. The van der Waals surface area contributed by atoms with Crippen molar-refractivity contribution in [1.82, 2.24) is 9.80 Å². The van der Waals surface area contributed by atoms with E-state index in [-0.39, 0.29) is 5.91 Å². The highest BCUT2D eigenvalue weighted by atomic mass is 32.1. The number of benzene rings is 1. The van der Waals surface area contributed by atoms with E-state index in [1.807, 2.05) is 28.5 Å². The number of rotatable bonds is 6. The van der Waals surface area contributed by atoms with Gasteiger partial charge in [-0.15, -0.1) is 11.3 Å². The average molecular weight is 355 g/mol. The van der Waals surface area contributed by atoms with Crippen LogP contribution in [-0.4, -0.2) is 48.4 Å². The largest absolute Gasteiger partial charge is 0.338 e. The predicted molar refractivity (Wildman–Crippen MR) is 106 cm³/mol. The summed E-state index contributed by atoms with van der Waals surface area (Å²) in [6, 6.07) is 15.1. The highest BCUT2D eigenvalue weighted by Crippen LogP contribution is 2.17. The number of carbonyl (C=O) groups is 1. The smallest absolute Gasteiger partial charge is 0.246 e. The van der Waals surface area contributed by atoms with Gasteiger partial charge in [-0.25, -0.2) is 0 Å². The number of piperidine rings is 1. The Morgan fingerprint density at radius 3 is 2.88 bits per heavy atom. The molecule has 4 heteroatoms. The maximum absolute atomic E-state index is 12.5. The molecule has 0 spiro atoms. The van der Waals surface area contributed by atoms with Gasteiger partial charge < -0.3 is 9.80 Å². The van der Waals surface area contributed by atoms with Crippen LogP contribution in [0.4, 0.5) is 0 Å². The minimum Gasteiger partial charge on any atom is -0.338 e. The molecule has 2 aromatic rings. The summed E-state index contributed by atoms with van der Waals surface area (Å²) in [5.41, 5.74) is 1.37. The Balaban J connectivity index is 1.50. The molecule has 0 radical (unpaired) electrons. The van der Waals surface area contributed by atoms with Crippen molar-refractivity contribution >= 4 is 23.3 Å². The van der Waals surface area contributed by atoms with Gasteiger partial charge in [0.2, 0.25) is 5.91 Å². The van der Waals surface area contributed by atoms with Crippen LogP contribution < -0.4 is 0 Å². The lowest BCUT2D eigenvalue weighted by molar-refractivity contribution is -0.127. The van der Waals surface area contributed by atoms with Crippen LogP contribution >= 0.6 is 11.3 Å². The zero-order valence-corrected chi connectivity index (χ0v) is 15.6. The Morgan fingerprint density at radius 1 is 1.28 bits per heavy atom. The van der Waals surface area contributed by atoms with Crippen molar-refractivity contribution in [2.24, 2.45) is 0 Å². The lowest BCUT2D eigenvalue weighted by Crippen LogP contribution is -2.48. The summed E-state index contributed by atoms with van der Waals surface area (Å²) in [6.07, 6.45) is 6.95. The highest BCUT2D eigenvalue weighted by Gasteiger charge is 2.25. The molecule has 0 N–H and O–H groups in total. The quantitative estimate of drug-likeness (QED) is 0.734. The molecule has 3 rings (SSSR count). The third kappa shape index (κ3) is 5.28. The normalized spacial score (nSPS) is 18.2. The SMILES string of the molecule is CN(CCc1ccccc1)C1CCCN(C(=O)/C=C/c2cccs2)C1. The first-order chi connectivity index (χ1) is 12.2. The maximum Gasteiger partial charge on any atom is 0.246 e. The Bertz CT molecular complexity index is 681. The predicted octanol–water partition coefficient (Wildman–Crippen LogP) is 3.93. The zero-order chi connectivity index (χ0) is 17.5. The monoisotopic (exact) mass is 354 g/mol. The summed E-state index contributed by atoms with van der Waals surface area (Å²) in [5, 5.41) is 2.03. The van der Waals surface area contributed by atoms with E-state index in [0.29, 0.717) is 6.04 Å². The van der Waals surface area contributed by atoms with Crippen LogP contribution in [0.3, 0.4) is 0 Å². The maximum atomic E-state index is 12.5. The number of likely N-dealkylation sites (tertiary alicyclic amines) is 1. The van der Waals surface area contributed by atoms with Gasteiger partial charge in [0.05, 0.1) is 0 Å². The van der Waals surface area contributed by atoms with Crippen molar-refractivity contribution in [3.63, 3.8) is 0 Å². The van der Waals surface area contributed by atoms with Gasteiger partial charge in [-0.05, 0) is 49.4 Å². The summed E-state index contributed by atoms with van der Waals surface area (Å²) in [5.74, 6) is 0.134. The van der Waals surface area contributed by atoms with E-state index in [0.717, 1.165) is 37.4 Å². The van der Waals surface area contributed by atoms with E-state index in [1.54, 1.807) is 17.4 Å². The Hall–Kier alpha value is -1.91. The molecule has 1 aliphatic heterocycles. The van der Waals surface area contributed by atoms with E-state index < -0.39 is 0 Å². The van der Waals surface area contributed by atoms with Gasteiger partial charge in [-0.2, -0.15) is 0 Å². The molecular weight excluding hydrogens is 328 g/mol. The van der Waals surface area contributed by atoms with Gasteiger partial charge in [0.15, 0.2) is 0 Å². The minimum absolute atomic E-state index is 0.134. The molecule has 0 bridgehead atoms. The number of hydrogen-bond donors (Lipinski definition) is 0. The van der Waals surface area contributed by atoms with Crippen molar-refractivity contribution in [3.05, 3.63) is 64.4 Å². The summed E-state index contributed by atoms with van der Waals surface area (Å²) in [4.78, 5) is 18.0. The van der Waals surface area contributed by atoms with E-state index in [1.165, 1.54) is 12.0 Å². The molecule has 132 valence electrons. The van der Waals surface area contributed by atoms with Crippen molar-refractivity contribution in [2.45, 2.75) is 25.3 Å². The molecule has 1 fully saturated rings. The number of nitrogens with zero attached hydrogens (tertiary/aromatic N) is 2. The fourth-order valence-corrected chi connectivity index (χ4v) is 3.91. The molecule has 1 aromatic carbocycles. The summed E-state index contributed by atoms with van der Waals surface area (Å²) in [7, 11) is 2.18. The van der Waals surface area contributed by atoms with Gasteiger partial charge in [-0.3, -0.25) is 4.79 Å². The summed E-state index contributed by atoms with van der Waals surface area (Å²) < 4.78 is 0. The molecular formula is C21H26N2OS. The standard InChI is InChI=1S/C21H26N2OS/c1-22(15-13-18-7-3-2-4-8-18)19-9-5-14-23(17-19)21(24)12-11-20-10-6-16-25-20/h2-4,6-8,10-12,16,19H,5,9,13-15,17H2,1H3/b12-11+.